The molecule has 100 valence electrons. The summed E-state index contributed by atoms with van der Waals surface area (Å²) in [6.07, 6.45) is -4.45. The summed E-state index contributed by atoms with van der Waals surface area (Å²) < 4.78 is 37.2. The minimum Gasteiger partial charge on any atom is -0.355 e. The van der Waals surface area contributed by atoms with Crippen molar-refractivity contribution < 1.29 is 18.0 Å². The van der Waals surface area contributed by atoms with Gasteiger partial charge in [-0.3, -0.25) is 9.89 Å². The van der Waals surface area contributed by atoms with Gasteiger partial charge in [-0.1, -0.05) is 12.1 Å². The van der Waals surface area contributed by atoms with Crippen LogP contribution in [0.15, 0.2) is 30.3 Å². The second kappa shape index (κ2) is 4.75. The zero-order valence-corrected chi connectivity index (χ0v) is 9.88. The van der Waals surface area contributed by atoms with Crippen LogP contribution in [-0.4, -0.2) is 23.2 Å². The van der Waals surface area contributed by atoms with Crippen LogP contribution in [-0.2, 0) is 6.18 Å². The summed E-state index contributed by atoms with van der Waals surface area (Å²) in [5.41, 5.74) is 0.200. The number of amides is 1. The van der Waals surface area contributed by atoms with E-state index in [-0.39, 0.29) is 11.6 Å². The lowest BCUT2D eigenvalue weighted by atomic mass is 10.1. The summed E-state index contributed by atoms with van der Waals surface area (Å²) in [7, 11) is 1.50. The van der Waals surface area contributed by atoms with Gasteiger partial charge in [0, 0.05) is 18.2 Å². The van der Waals surface area contributed by atoms with E-state index in [4.69, 9.17) is 0 Å². The maximum absolute atomic E-state index is 12.4. The van der Waals surface area contributed by atoms with Gasteiger partial charge in [0.05, 0.1) is 5.69 Å². The number of hydrogen-bond acceptors (Lipinski definition) is 2. The van der Waals surface area contributed by atoms with Crippen LogP contribution in [0, 0.1) is 0 Å². The number of H-pyrrole nitrogens is 1. The fourth-order valence-corrected chi connectivity index (χ4v) is 1.55. The van der Waals surface area contributed by atoms with Gasteiger partial charge in [0.15, 0.2) is 0 Å². The lowest BCUT2D eigenvalue weighted by Gasteiger charge is -2.01. The standard InChI is InChI=1S/C12H10F3N3O/c1-16-11(19)8-4-2-7(3-5-8)9-6-10(18-17-9)12(13,14)15/h2-6H,1H3,(H,16,19)(H,17,18). The number of halogens is 3. The summed E-state index contributed by atoms with van der Waals surface area (Å²) in [5, 5.41) is 8.00. The Morgan fingerprint density at radius 3 is 2.37 bits per heavy atom. The topological polar surface area (TPSA) is 57.8 Å². The average molecular weight is 269 g/mol. The molecule has 0 aliphatic rings. The molecule has 1 heterocycles. The zero-order valence-electron chi connectivity index (χ0n) is 9.88. The van der Waals surface area contributed by atoms with Crippen molar-refractivity contribution in [2.24, 2.45) is 0 Å². The second-order valence-corrected chi connectivity index (χ2v) is 3.82. The summed E-state index contributed by atoms with van der Waals surface area (Å²) in [5.74, 6) is -0.260. The molecule has 7 heteroatoms. The minimum atomic E-state index is -4.45. The maximum Gasteiger partial charge on any atom is 0.432 e. The smallest absolute Gasteiger partial charge is 0.355 e. The highest BCUT2D eigenvalue weighted by molar-refractivity contribution is 5.94. The first-order valence-electron chi connectivity index (χ1n) is 5.37. The third-order valence-corrected chi connectivity index (χ3v) is 2.55. The van der Waals surface area contributed by atoms with Gasteiger partial charge in [-0.25, -0.2) is 0 Å². The van der Waals surface area contributed by atoms with E-state index in [1.165, 1.54) is 19.2 Å². The van der Waals surface area contributed by atoms with E-state index in [1.54, 1.807) is 12.1 Å². The molecule has 2 aromatic rings. The monoisotopic (exact) mass is 269 g/mol. The molecule has 4 nitrogen and oxygen atoms in total. The molecule has 0 aliphatic carbocycles. The second-order valence-electron chi connectivity index (χ2n) is 3.82. The van der Waals surface area contributed by atoms with Gasteiger partial charge in [-0.2, -0.15) is 18.3 Å². The molecule has 2 N–H and O–H groups in total. The predicted molar refractivity (Wildman–Crippen MR) is 62.4 cm³/mol. The molecular weight excluding hydrogens is 259 g/mol. The Bertz CT molecular complexity index is 587. The molecule has 2 rings (SSSR count). The Balaban J connectivity index is 2.28. The molecular formula is C12H10F3N3O. The number of aromatic amines is 1. The van der Waals surface area contributed by atoms with Gasteiger partial charge >= 0.3 is 6.18 Å². The molecule has 0 aliphatic heterocycles. The molecule has 1 aromatic heterocycles. The third kappa shape index (κ3) is 2.75. The van der Waals surface area contributed by atoms with Crippen molar-refractivity contribution in [3.8, 4) is 11.3 Å². The fraction of sp³-hybridized carbons (Fsp3) is 0.167. The number of alkyl halides is 3. The van der Waals surface area contributed by atoms with Crippen LogP contribution >= 0.6 is 0 Å². The van der Waals surface area contributed by atoms with E-state index in [0.29, 0.717) is 11.1 Å². The van der Waals surface area contributed by atoms with Crippen molar-refractivity contribution >= 4 is 5.91 Å². The number of hydrogen-bond donors (Lipinski definition) is 2. The summed E-state index contributed by atoms with van der Waals surface area (Å²) in [4.78, 5) is 11.3. The van der Waals surface area contributed by atoms with Crippen LogP contribution in [0.1, 0.15) is 16.1 Å². The predicted octanol–water partition coefficient (Wildman–Crippen LogP) is 2.46. The van der Waals surface area contributed by atoms with E-state index in [1.807, 2.05) is 5.10 Å². The summed E-state index contributed by atoms with van der Waals surface area (Å²) in [6, 6.07) is 7.06. The first-order chi connectivity index (χ1) is 8.91. The van der Waals surface area contributed by atoms with Crippen LogP contribution in [0.2, 0.25) is 0 Å². The van der Waals surface area contributed by atoms with Gasteiger partial charge in [0.25, 0.3) is 5.91 Å². The molecule has 0 saturated heterocycles. The van der Waals surface area contributed by atoms with Crippen LogP contribution < -0.4 is 5.32 Å². The highest BCUT2D eigenvalue weighted by Gasteiger charge is 2.33. The van der Waals surface area contributed by atoms with Gasteiger partial charge in [-0.15, -0.1) is 0 Å². The van der Waals surface area contributed by atoms with Crippen LogP contribution in [0.5, 0.6) is 0 Å². The molecule has 0 radical (unpaired) electrons. The summed E-state index contributed by atoms with van der Waals surface area (Å²) >= 11 is 0. The lowest BCUT2D eigenvalue weighted by molar-refractivity contribution is -0.141. The molecule has 0 saturated carbocycles. The molecule has 0 bridgehead atoms. The normalized spacial score (nSPS) is 11.4. The van der Waals surface area contributed by atoms with Gasteiger partial charge < -0.3 is 5.32 Å². The Hall–Kier alpha value is -2.31. The fourth-order valence-electron chi connectivity index (χ4n) is 1.55. The first-order valence-corrected chi connectivity index (χ1v) is 5.37. The molecule has 1 amide bonds. The van der Waals surface area contributed by atoms with Gasteiger partial charge in [0.1, 0.15) is 5.69 Å². The molecule has 0 fully saturated rings. The molecule has 0 unspecified atom stereocenters. The Kier molecular flexibility index (Phi) is 3.28. The van der Waals surface area contributed by atoms with Crippen LogP contribution in [0.4, 0.5) is 13.2 Å². The number of nitrogens with one attached hydrogen (secondary N) is 2. The Labute approximate surface area is 106 Å². The van der Waals surface area contributed by atoms with E-state index in [0.717, 1.165) is 6.07 Å². The SMILES string of the molecule is CNC(=O)c1ccc(-c2cc(C(F)(F)F)[nH]n2)cc1. The number of aromatic nitrogens is 2. The van der Waals surface area contributed by atoms with Crippen molar-refractivity contribution in [1.82, 2.24) is 15.5 Å². The maximum atomic E-state index is 12.4. The lowest BCUT2D eigenvalue weighted by Crippen LogP contribution is -2.17. The molecule has 0 atom stereocenters. The Morgan fingerprint density at radius 1 is 1.26 bits per heavy atom. The van der Waals surface area contributed by atoms with Crippen molar-refractivity contribution in [1.29, 1.82) is 0 Å². The van der Waals surface area contributed by atoms with Crippen LogP contribution in [0.3, 0.4) is 0 Å². The summed E-state index contributed by atoms with van der Waals surface area (Å²) in [6.45, 7) is 0. The van der Waals surface area contributed by atoms with Crippen molar-refractivity contribution in [2.45, 2.75) is 6.18 Å². The molecule has 0 spiro atoms. The number of benzene rings is 1. The zero-order chi connectivity index (χ0) is 14.0. The van der Waals surface area contributed by atoms with Crippen LogP contribution in [0.25, 0.3) is 11.3 Å². The highest BCUT2D eigenvalue weighted by atomic mass is 19.4. The third-order valence-electron chi connectivity index (χ3n) is 2.55. The van der Waals surface area contributed by atoms with Gasteiger partial charge in [-0.05, 0) is 18.2 Å². The van der Waals surface area contributed by atoms with Crippen molar-refractivity contribution in [3.05, 3.63) is 41.6 Å². The molecule has 19 heavy (non-hydrogen) atoms. The van der Waals surface area contributed by atoms with E-state index in [2.05, 4.69) is 10.4 Å². The number of nitrogens with zero attached hydrogens (tertiary/aromatic N) is 1. The van der Waals surface area contributed by atoms with E-state index < -0.39 is 11.9 Å². The number of carbonyl (C=O) groups is 1. The van der Waals surface area contributed by atoms with Gasteiger partial charge in [0.2, 0.25) is 0 Å². The average Bonchev–Trinajstić information content (AvgIpc) is 2.87. The van der Waals surface area contributed by atoms with Crippen molar-refractivity contribution in [3.63, 3.8) is 0 Å². The van der Waals surface area contributed by atoms with Crippen molar-refractivity contribution in [2.75, 3.05) is 7.05 Å². The first kappa shape index (κ1) is 13.1. The van der Waals surface area contributed by atoms with E-state index >= 15 is 0 Å². The van der Waals surface area contributed by atoms with E-state index in [9.17, 15) is 18.0 Å². The molecule has 1 aromatic carbocycles. The number of carbonyl (C=O) groups excluding carboxylic acids is 1. The number of rotatable bonds is 2. The quantitative estimate of drug-likeness (QED) is 0.879. The highest BCUT2D eigenvalue weighted by Crippen LogP contribution is 2.30. The minimum absolute atomic E-state index is 0.177. The Morgan fingerprint density at radius 2 is 1.89 bits per heavy atom. The largest absolute Gasteiger partial charge is 0.432 e.